The zero-order valence-electron chi connectivity index (χ0n) is 36.5. The van der Waals surface area contributed by atoms with Crippen molar-refractivity contribution in [2.45, 2.75) is 89.4 Å². The Balaban J connectivity index is 0.851. The predicted molar refractivity (Wildman–Crippen MR) is 235 cm³/mol. The van der Waals surface area contributed by atoms with Crippen LogP contribution in [0.25, 0.3) is 21.8 Å². The van der Waals surface area contributed by atoms with Crippen LogP contribution in [0.2, 0.25) is 0 Å². The number of imidazole rings is 1. The Morgan fingerprint density at radius 3 is 2.52 bits per heavy atom. The molecule has 4 heterocycles. The summed E-state index contributed by atoms with van der Waals surface area (Å²) in [5.74, 6) is 5.60. The lowest BCUT2D eigenvalue weighted by atomic mass is 9.82. The number of amides is 4. The van der Waals surface area contributed by atoms with Crippen molar-refractivity contribution >= 4 is 45.4 Å². The van der Waals surface area contributed by atoms with E-state index in [0.717, 1.165) is 69.1 Å². The molecule has 336 valence electrons. The fourth-order valence-corrected chi connectivity index (χ4v) is 9.32. The second kappa shape index (κ2) is 20.2. The number of piperidine rings is 1. The number of carbonyl (C=O) groups is 4. The molecule has 4 amide bonds. The van der Waals surface area contributed by atoms with Gasteiger partial charge in [-0.05, 0) is 101 Å². The van der Waals surface area contributed by atoms with Gasteiger partial charge in [-0.25, -0.2) is 14.2 Å². The maximum atomic E-state index is 14.4. The van der Waals surface area contributed by atoms with Crippen molar-refractivity contribution in [3.63, 3.8) is 0 Å². The van der Waals surface area contributed by atoms with Gasteiger partial charge >= 0.3 is 5.69 Å². The average molecular weight is 868 g/mol. The van der Waals surface area contributed by atoms with Crippen LogP contribution in [-0.2, 0) is 32.6 Å². The van der Waals surface area contributed by atoms with E-state index in [1.807, 2.05) is 25.1 Å². The molecule has 0 spiro atoms. The van der Waals surface area contributed by atoms with Crippen LogP contribution >= 0.6 is 0 Å². The molecule has 2 aliphatic heterocycles. The van der Waals surface area contributed by atoms with Gasteiger partial charge in [0.05, 0.1) is 35.3 Å². The highest BCUT2D eigenvalue weighted by Gasteiger charge is 2.42. The minimum absolute atomic E-state index is 0.0321. The largest absolute Gasteiger partial charge is 0.496 e. The molecule has 4 aromatic rings. The molecule has 1 saturated carbocycles. The number of aromatic nitrogens is 3. The zero-order valence-corrected chi connectivity index (χ0v) is 36.5. The molecule has 0 bridgehead atoms. The van der Waals surface area contributed by atoms with Crippen LogP contribution in [0.5, 0.6) is 11.6 Å². The van der Waals surface area contributed by atoms with Crippen LogP contribution in [0, 0.1) is 29.6 Å². The summed E-state index contributed by atoms with van der Waals surface area (Å²) in [5.41, 5.74) is 8.81. The minimum Gasteiger partial charge on any atom is -0.496 e. The Morgan fingerprint density at radius 2 is 1.79 bits per heavy atom. The number of hydrogen-bond acceptors (Lipinski definition) is 10. The van der Waals surface area contributed by atoms with Crippen molar-refractivity contribution in [1.29, 1.82) is 0 Å². The van der Waals surface area contributed by atoms with E-state index in [0.29, 0.717) is 53.8 Å². The first-order chi connectivity index (χ1) is 30.4. The number of primary amides is 1. The Labute approximate surface area is 366 Å². The van der Waals surface area contributed by atoms with Gasteiger partial charge in [-0.3, -0.25) is 33.6 Å². The molecule has 16 heteroatoms. The second-order valence-corrected chi connectivity index (χ2v) is 17.2. The summed E-state index contributed by atoms with van der Waals surface area (Å²) >= 11 is 0. The van der Waals surface area contributed by atoms with Crippen LogP contribution in [0.3, 0.4) is 0 Å². The van der Waals surface area contributed by atoms with Gasteiger partial charge in [-0.15, -0.1) is 0 Å². The quantitative estimate of drug-likeness (QED) is 0.0783. The van der Waals surface area contributed by atoms with E-state index >= 15 is 0 Å². The number of nitrogens with zero attached hydrogens (tertiary/aromatic N) is 4. The third-order valence-electron chi connectivity index (χ3n) is 12.9. The fourth-order valence-electron chi connectivity index (χ4n) is 9.32. The summed E-state index contributed by atoms with van der Waals surface area (Å²) in [5, 5.41) is 6.24. The molecule has 3 aliphatic rings. The fraction of sp³-hybridized carbons (Fsp3) is 0.532. The number of fused-ring (bicyclic) bond motifs is 2. The van der Waals surface area contributed by atoms with E-state index in [2.05, 4.69) is 39.4 Å². The molecule has 7 rings (SSSR count). The Kier molecular flexibility index (Phi) is 14.5. The lowest BCUT2D eigenvalue weighted by Crippen LogP contribution is -2.44. The summed E-state index contributed by atoms with van der Waals surface area (Å²) in [4.78, 5) is 68.5. The number of benzene rings is 2. The van der Waals surface area contributed by atoms with Crippen LogP contribution in [-0.4, -0.2) is 102 Å². The first kappa shape index (κ1) is 45.2. The summed E-state index contributed by atoms with van der Waals surface area (Å²) in [6, 6.07) is 7.98. The van der Waals surface area contributed by atoms with Gasteiger partial charge in [0, 0.05) is 68.6 Å². The predicted octanol–water partition coefficient (Wildman–Crippen LogP) is 4.34. The molecule has 2 saturated heterocycles. The SMILES string of the molecule is CC[C@@H]1[C@H](F)C(=O)N[C@@H]1COc1ncc(C#C[C@H]2CC[C@@H](CN(C)CCCOCCCc3ccc4c(c3)n(C)c(=O)n4C3CCC(=O)NC3=O)CC2)c2cc(C(N)=O)c(OC)cc12. The molecule has 1 aliphatic carbocycles. The van der Waals surface area contributed by atoms with Gasteiger partial charge in [0.1, 0.15) is 18.4 Å². The standard InChI is InChI=1S/C47H58FN7O8/c1-5-32-36(51-45(59)42(32)48)27-63-46-34-24-40(61-4)35(43(49)57)23-33(34)31(25-50-46)15-13-28-9-11-30(12-10-28)26-53(2)19-7-21-62-20-6-8-29-14-16-37-39(22-29)54(3)47(60)55(37)38-17-18-41(56)52-44(38)58/h14,16,22-25,28,30,32,36,38,42H,5-12,17-21,26-27H2,1-4H3,(H2,49,57)(H,51,59)(H,52,56,58)/t28-,30+,32-,36+,38?,42-/m0/s1. The van der Waals surface area contributed by atoms with E-state index in [4.69, 9.17) is 19.9 Å². The smallest absolute Gasteiger partial charge is 0.329 e. The Bertz CT molecular complexity index is 2480. The highest BCUT2D eigenvalue weighted by atomic mass is 19.1. The number of halogens is 1. The third kappa shape index (κ3) is 10.2. The Morgan fingerprint density at radius 1 is 1.02 bits per heavy atom. The number of hydrogen-bond donors (Lipinski definition) is 3. The molecule has 15 nitrogen and oxygen atoms in total. The molecule has 2 aromatic heterocycles. The molecule has 0 radical (unpaired) electrons. The molecule has 1 unspecified atom stereocenters. The van der Waals surface area contributed by atoms with Crippen molar-refractivity contribution < 1.29 is 37.8 Å². The average Bonchev–Trinajstić information content (AvgIpc) is 3.69. The number of nitrogens with one attached hydrogen (secondary N) is 2. The van der Waals surface area contributed by atoms with Crippen LogP contribution < -0.4 is 31.5 Å². The summed E-state index contributed by atoms with van der Waals surface area (Å²) in [7, 11) is 5.31. The molecular weight excluding hydrogens is 810 g/mol. The van der Waals surface area contributed by atoms with E-state index in [-0.39, 0.29) is 47.7 Å². The lowest BCUT2D eigenvalue weighted by molar-refractivity contribution is -0.135. The topological polar surface area (TPSA) is 189 Å². The van der Waals surface area contributed by atoms with Gasteiger partial charge in [0.25, 0.3) is 11.8 Å². The number of imide groups is 1. The van der Waals surface area contributed by atoms with Gasteiger partial charge in [0.2, 0.25) is 17.7 Å². The van der Waals surface area contributed by atoms with Gasteiger partial charge in [-0.1, -0.05) is 24.8 Å². The maximum absolute atomic E-state index is 14.4. The van der Waals surface area contributed by atoms with Crippen LogP contribution in [0.4, 0.5) is 4.39 Å². The molecular formula is C47H58FN7O8. The number of alkyl halides is 1. The van der Waals surface area contributed by atoms with Gasteiger partial charge in [0.15, 0.2) is 6.17 Å². The van der Waals surface area contributed by atoms with E-state index < -0.39 is 41.9 Å². The van der Waals surface area contributed by atoms with E-state index in [1.54, 1.807) is 29.9 Å². The maximum Gasteiger partial charge on any atom is 0.329 e. The van der Waals surface area contributed by atoms with Crippen molar-refractivity contribution in [2.75, 3.05) is 47.1 Å². The minimum atomic E-state index is -1.58. The van der Waals surface area contributed by atoms with E-state index in [9.17, 15) is 28.4 Å². The molecule has 3 fully saturated rings. The first-order valence-corrected chi connectivity index (χ1v) is 22.1. The zero-order chi connectivity index (χ0) is 44.8. The summed E-state index contributed by atoms with van der Waals surface area (Å²) < 4.78 is 35.0. The number of pyridine rings is 1. The van der Waals surface area contributed by atoms with Crippen molar-refractivity contribution in [1.82, 2.24) is 29.7 Å². The van der Waals surface area contributed by atoms with Gasteiger partial charge in [-0.2, -0.15) is 0 Å². The number of rotatable bonds is 17. The third-order valence-corrected chi connectivity index (χ3v) is 12.9. The molecule has 2 aromatic carbocycles. The normalized spacial score (nSPS) is 22.5. The highest BCUT2D eigenvalue weighted by molar-refractivity contribution is 6.03. The number of ether oxygens (including phenoxy) is 3. The number of carbonyl (C=O) groups excluding carboxylic acids is 4. The monoisotopic (exact) mass is 867 g/mol. The summed E-state index contributed by atoms with van der Waals surface area (Å²) in [6.07, 6.45) is 7.73. The lowest BCUT2D eigenvalue weighted by Gasteiger charge is -2.29. The van der Waals surface area contributed by atoms with Crippen molar-refractivity contribution in [3.05, 3.63) is 63.7 Å². The van der Waals surface area contributed by atoms with E-state index in [1.165, 1.54) is 11.7 Å². The number of nitrogens with two attached hydrogens (primary N) is 1. The van der Waals surface area contributed by atoms with Crippen molar-refractivity contribution in [2.24, 2.45) is 30.5 Å². The summed E-state index contributed by atoms with van der Waals surface area (Å²) in [6.45, 7) is 5.14. The van der Waals surface area contributed by atoms with Crippen LogP contribution in [0.15, 0.2) is 41.3 Å². The van der Waals surface area contributed by atoms with Crippen molar-refractivity contribution in [3.8, 4) is 23.5 Å². The van der Waals surface area contributed by atoms with Crippen LogP contribution in [0.1, 0.15) is 92.2 Å². The number of aryl methyl sites for hydroxylation is 2. The van der Waals surface area contributed by atoms with Gasteiger partial charge < -0.3 is 30.2 Å². The highest BCUT2D eigenvalue weighted by Crippen LogP contribution is 2.35. The molecule has 4 N–H and O–H groups in total. The number of methoxy groups -OCH3 is 1. The molecule has 4 atom stereocenters. The first-order valence-electron chi connectivity index (χ1n) is 22.1. The second-order valence-electron chi connectivity index (χ2n) is 17.2. The molecule has 63 heavy (non-hydrogen) atoms. The Hall–Kier alpha value is -5.79.